The van der Waals surface area contributed by atoms with Crippen LogP contribution in [0.4, 0.5) is 5.69 Å². The molecule has 0 aromatic heterocycles. The minimum absolute atomic E-state index is 0.0183. The van der Waals surface area contributed by atoms with Gasteiger partial charge in [-0.1, -0.05) is 12.1 Å². The van der Waals surface area contributed by atoms with Crippen molar-refractivity contribution in [1.82, 2.24) is 0 Å². The van der Waals surface area contributed by atoms with E-state index >= 15 is 0 Å². The lowest BCUT2D eigenvalue weighted by Crippen LogP contribution is -2.13. The van der Waals surface area contributed by atoms with Crippen LogP contribution >= 0.6 is 0 Å². The lowest BCUT2D eigenvalue weighted by Gasteiger charge is -2.06. The van der Waals surface area contributed by atoms with E-state index in [2.05, 4.69) is 0 Å². The summed E-state index contributed by atoms with van der Waals surface area (Å²) in [5, 5.41) is 20.3. The molecular weight excluding hydrogens is 252 g/mol. The van der Waals surface area contributed by atoms with Crippen LogP contribution in [0.2, 0.25) is 0 Å². The van der Waals surface area contributed by atoms with Crippen molar-refractivity contribution in [3.8, 4) is 0 Å². The summed E-state index contributed by atoms with van der Waals surface area (Å²) in [5.74, 6) is -2.15. The van der Waals surface area contributed by atoms with Crippen LogP contribution in [0.25, 0.3) is 10.8 Å². The predicted molar refractivity (Wildman–Crippen MR) is 66.1 cm³/mol. The average molecular weight is 260 g/mol. The van der Waals surface area contributed by atoms with E-state index < -0.39 is 16.8 Å². The van der Waals surface area contributed by atoms with E-state index in [0.29, 0.717) is 0 Å². The number of carboxylic acid groups (broad SMARTS) is 1. The molecule has 7 nitrogen and oxygen atoms in total. The third kappa shape index (κ3) is 2.08. The van der Waals surface area contributed by atoms with Crippen LogP contribution < -0.4 is 5.73 Å². The van der Waals surface area contributed by atoms with Crippen molar-refractivity contribution in [3.05, 3.63) is 51.6 Å². The molecule has 0 aliphatic carbocycles. The van der Waals surface area contributed by atoms with Crippen LogP contribution in [0.15, 0.2) is 30.3 Å². The first kappa shape index (κ1) is 12.5. The molecule has 0 radical (unpaired) electrons. The molecule has 0 atom stereocenters. The van der Waals surface area contributed by atoms with E-state index in [1.54, 1.807) is 0 Å². The highest BCUT2D eigenvalue weighted by molar-refractivity contribution is 6.14. The van der Waals surface area contributed by atoms with Gasteiger partial charge in [0.1, 0.15) is 0 Å². The molecule has 0 aliphatic rings. The van der Waals surface area contributed by atoms with Gasteiger partial charge in [0.15, 0.2) is 0 Å². The summed E-state index contributed by atoms with van der Waals surface area (Å²) in [4.78, 5) is 32.6. The van der Waals surface area contributed by atoms with Crippen molar-refractivity contribution in [2.75, 3.05) is 0 Å². The zero-order chi connectivity index (χ0) is 14.2. The molecule has 2 aromatic rings. The number of fused-ring (bicyclic) bond motifs is 1. The molecule has 0 saturated carbocycles. The maximum atomic E-state index is 11.3. The molecule has 2 rings (SSSR count). The quantitative estimate of drug-likeness (QED) is 0.639. The molecule has 0 spiro atoms. The third-order valence-corrected chi connectivity index (χ3v) is 2.67. The minimum atomic E-state index is -1.36. The number of carbonyl (C=O) groups is 2. The molecule has 0 aliphatic heterocycles. The van der Waals surface area contributed by atoms with E-state index in [4.69, 9.17) is 10.8 Å². The summed E-state index contributed by atoms with van der Waals surface area (Å²) in [6.07, 6.45) is 0. The van der Waals surface area contributed by atoms with Crippen LogP contribution in [0.1, 0.15) is 20.7 Å². The van der Waals surface area contributed by atoms with E-state index in [0.717, 1.165) is 6.07 Å². The SMILES string of the molecule is NC(=O)c1cccc2cc([N+](=O)[O-])cc(C(=O)O)c12. The molecule has 19 heavy (non-hydrogen) atoms. The first-order valence-corrected chi connectivity index (χ1v) is 5.16. The maximum Gasteiger partial charge on any atom is 0.336 e. The lowest BCUT2D eigenvalue weighted by atomic mass is 9.98. The number of nitrogens with zero attached hydrogens (tertiary/aromatic N) is 1. The Kier molecular flexibility index (Phi) is 2.88. The summed E-state index contributed by atoms with van der Waals surface area (Å²) in [6.45, 7) is 0. The van der Waals surface area contributed by atoms with Gasteiger partial charge in [-0.15, -0.1) is 0 Å². The fourth-order valence-corrected chi connectivity index (χ4v) is 1.89. The summed E-state index contributed by atoms with van der Waals surface area (Å²) in [7, 11) is 0. The summed E-state index contributed by atoms with van der Waals surface area (Å²) in [6, 6.07) is 6.47. The zero-order valence-corrected chi connectivity index (χ0v) is 9.49. The monoisotopic (exact) mass is 260 g/mol. The number of primary amides is 1. The number of hydrogen-bond acceptors (Lipinski definition) is 4. The van der Waals surface area contributed by atoms with Gasteiger partial charge in [0.25, 0.3) is 5.69 Å². The second-order valence-electron chi connectivity index (χ2n) is 3.82. The number of hydrogen-bond donors (Lipinski definition) is 2. The van der Waals surface area contributed by atoms with Gasteiger partial charge in [-0.05, 0) is 11.5 Å². The van der Waals surface area contributed by atoms with Crippen molar-refractivity contribution in [1.29, 1.82) is 0 Å². The standard InChI is InChI=1S/C12H8N2O5/c13-11(15)8-3-1-2-6-4-7(14(18)19)5-9(10(6)8)12(16)17/h1-5H,(H2,13,15)(H,16,17). The van der Waals surface area contributed by atoms with E-state index in [9.17, 15) is 19.7 Å². The maximum absolute atomic E-state index is 11.3. The van der Waals surface area contributed by atoms with Gasteiger partial charge in [0.05, 0.1) is 10.5 Å². The number of nitrogens with two attached hydrogens (primary N) is 1. The molecule has 0 unspecified atom stereocenters. The number of nitro groups is 1. The van der Waals surface area contributed by atoms with E-state index in [1.807, 2.05) is 0 Å². The topological polar surface area (TPSA) is 124 Å². The Balaban J connectivity index is 2.95. The van der Waals surface area contributed by atoms with Crippen molar-refractivity contribution in [3.63, 3.8) is 0 Å². The van der Waals surface area contributed by atoms with Gasteiger partial charge >= 0.3 is 5.97 Å². The van der Waals surface area contributed by atoms with E-state index in [1.165, 1.54) is 24.3 Å². The highest BCUT2D eigenvalue weighted by atomic mass is 16.6. The van der Waals surface area contributed by atoms with Crippen LogP contribution in [0.3, 0.4) is 0 Å². The van der Waals surface area contributed by atoms with Crippen LogP contribution in [0, 0.1) is 10.1 Å². The number of carbonyl (C=O) groups excluding carboxylic acids is 1. The van der Waals surface area contributed by atoms with Crippen molar-refractivity contribution in [2.45, 2.75) is 0 Å². The number of nitro benzene ring substituents is 1. The number of aromatic carboxylic acids is 1. The molecular formula is C12H8N2O5. The summed E-state index contributed by atoms with van der Waals surface area (Å²) < 4.78 is 0. The fourth-order valence-electron chi connectivity index (χ4n) is 1.89. The molecule has 0 saturated heterocycles. The molecule has 0 heterocycles. The molecule has 3 N–H and O–H groups in total. The predicted octanol–water partition coefficient (Wildman–Crippen LogP) is 1.55. The molecule has 2 aromatic carbocycles. The molecule has 0 fully saturated rings. The van der Waals surface area contributed by atoms with Crippen molar-refractivity contribution in [2.24, 2.45) is 5.73 Å². The smallest absolute Gasteiger partial charge is 0.336 e. The van der Waals surface area contributed by atoms with Gasteiger partial charge in [-0.2, -0.15) is 0 Å². The normalized spacial score (nSPS) is 10.3. The Labute approximate surface area is 106 Å². The molecule has 0 bridgehead atoms. The second kappa shape index (κ2) is 4.37. The highest BCUT2D eigenvalue weighted by Gasteiger charge is 2.19. The van der Waals surface area contributed by atoms with Crippen LogP contribution in [-0.2, 0) is 0 Å². The largest absolute Gasteiger partial charge is 0.478 e. The highest BCUT2D eigenvalue weighted by Crippen LogP contribution is 2.28. The van der Waals surface area contributed by atoms with E-state index in [-0.39, 0.29) is 27.6 Å². The Bertz CT molecular complexity index is 723. The van der Waals surface area contributed by atoms with Gasteiger partial charge < -0.3 is 10.8 Å². The van der Waals surface area contributed by atoms with Crippen molar-refractivity contribution >= 4 is 28.3 Å². The average Bonchev–Trinajstić information content (AvgIpc) is 2.36. The second-order valence-corrected chi connectivity index (χ2v) is 3.82. The zero-order valence-electron chi connectivity index (χ0n) is 9.49. The first-order valence-electron chi connectivity index (χ1n) is 5.16. The number of amides is 1. The Morgan fingerprint density at radius 1 is 1.21 bits per heavy atom. The lowest BCUT2D eigenvalue weighted by molar-refractivity contribution is -0.384. The van der Waals surface area contributed by atoms with Crippen LogP contribution in [0.5, 0.6) is 0 Å². The number of benzene rings is 2. The minimum Gasteiger partial charge on any atom is -0.478 e. The molecule has 1 amide bonds. The Morgan fingerprint density at radius 2 is 1.89 bits per heavy atom. The van der Waals surface area contributed by atoms with Gasteiger partial charge in [-0.3, -0.25) is 14.9 Å². The van der Waals surface area contributed by atoms with Gasteiger partial charge in [-0.25, -0.2) is 4.79 Å². The van der Waals surface area contributed by atoms with Crippen LogP contribution in [-0.4, -0.2) is 21.9 Å². The summed E-state index contributed by atoms with van der Waals surface area (Å²) >= 11 is 0. The fraction of sp³-hybridized carbons (Fsp3) is 0. The first-order chi connectivity index (χ1) is 8.91. The summed E-state index contributed by atoms with van der Waals surface area (Å²) in [5.41, 5.74) is 4.52. The van der Waals surface area contributed by atoms with Crippen molar-refractivity contribution < 1.29 is 19.6 Å². The number of rotatable bonds is 3. The van der Waals surface area contributed by atoms with Gasteiger partial charge in [0, 0.05) is 23.1 Å². The number of carboxylic acids is 1. The molecule has 7 heteroatoms. The molecule has 96 valence electrons. The van der Waals surface area contributed by atoms with Gasteiger partial charge in [0.2, 0.25) is 5.91 Å². The Morgan fingerprint density at radius 3 is 2.42 bits per heavy atom. The Hall–Kier alpha value is -2.96. The third-order valence-electron chi connectivity index (χ3n) is 2.67. The number of non-ortho nitro benzene ring substituents is 1.